The van der Waals surface area contributed by atoms with Gasteiger partial charge in [-0.25, -0.2) is 0 Å². The van der Waals surface area contributed by atoms with Crippen molar-refractivity contribution in [1.29, 1.82) is 0 Å². The minimum absolute atomic E-state index is 0.201. The summed E-state index contributed by atoms with van der Waals surface area (Å²) in [5.74, 6) is 1.62. The number of rotatable bonds is 7. The lowest BCUT2D eigenvalue weighted by Crippen LogP contribution is -2.21. The van der Waals surface area contributed by atoms with Crippen LogP contribution >= 0.6 is 15.9 Å². The first kappa shape index (κ1) is 15.5. The van der Waals surface area contributed by atoms with Crippen LogP contribution < -0.4 is 10.5 Å². The van der Waals surface area contributed by atoms with Crippen LogP contribution in [0, 0.1) is 5.92 Å². The lowest BCUT2D eigenvalue weighted by molar-refractivity contribution is 0.284. The molecule has 2 nitrogen and oxygen atoms in total. The summed E-state index contributed by atoms with van der Waals surface area (Å²) in [6, 6.07) is 6.36. The predicted octanol–water partition coefficient (Wildman–Crippen LogP) is 4.15. The fourth-order valence-corrected chi connectivity index (χ4v) is 2.22. The van der Waals surface area contributed by atoms with Crippen molar-refractivity contribution in [3.05, 3.63) is 28.2 Å². The Bertz CT molecular complexity index is 366. The lowest BCUT2D eigenvalue weighted by Gasteiger charge is -2.16. The van der Waals surface area contributed by atoms with E-state index in [9.17, 15) is 0 Å². The molecule has 0 saturated carbocycles. The SMILES string of the molecule is CCC(N)Cc1cccc(Br)c1OCCC(C)C. The van der Waals surface area contributed by atoms with Crippen molar-refractivity contribution in [2.75, 3.05) is 6.61 Å². The average Bonchev–Trinajstić information content (AvgIpc) is 2.32. The summed E-state index contributed by atoms with van der Waals surface area (Å²) in [4.78, 5) is 0. The van der Waals surface area contributed by atoms with Crippen LogP contribution in [0.2, 0.25) is 0 Å². The fraction of sp³-hybridized carbons (Fsp3) is 0.600. The molecule has 1 rings (SSSR count). The van der Waals surface area contributed by atoms with Gasteiger partial charge in [0.05, 0.1) is 11.1 Å². The second-order valence-corrected chi connectivity index (χ2v) is 5.99. The summed E-state index contributed by atoms with van der Waals surface area (Å²) < 4.78 is 6.94. The molecule has 0 radical (unpaired) electrons. The first-order valence-corrected chi connectivity index (χ1v) is 7.49. The molecule has 18 heavy (non-hydrogen) atoms. The highest BCUT2D eigenvalue weighted by Gasteiger charge is 2.11. The third kappa shape index (κ3) is 4.99. The normalized spacial score (nSPS) is 12.8. The Morgan fingerprint density at radius 1 is 1.33 bits per heavy atom. The molecule has 0 saturated heterocycles. The summed E-state index contributed by atoms with van der Waals surface area (Å²) >= 11 is 3.56. The van der Waals surface area contributed by atoms with Crippen molar-refractivity contribution in [1.82, 2.24) is 0 Å². The number of benzene rings is 1. The zero-order chi connectivity index (χ0) is 13.5. The Balaban J connectivity index is 2.74. The second-order valence-electron chi connectivity index (χ2n) is 5.13. The molecule has 2 N–H and O–H groups in total. The minimum Gasteiger partial charge on any atom is -0.492 e. The van der Waals surface area contributed by atoms with E-state index in [-0.39, 0.29) is 6.04 Å². The molecule has 1 atom stereocenters. The number of hydrogen-bond donors (Lipinski definition) is 1. The van der Waals surface area contributed by atoms with E-state index in [1.165, 1.54) is 5.56 Å². The molecular weight excluding hydrogens is 290 g/mol. The highest BCUT2D eigenvalue weighted by Crippen LogP contribution is 2.30. The summed E-state index contributed by atoms with van der Waals surface area (Å²) in [6.45, 7) is 7.28. The molecule has 0 fully saturated rings. The Kier molecular flexibility index (Phi) is 6.72. The van der Waals surface area contributed by atoms with E-state index in [1.807, 2.05) is 12.1 Å². The monoisotopic (exact) mass is 313 g/mol. The van der Waals surface area contributed by atoms with E-state index in [0.717, 1.165) is 36.1 Å². The molecule has 0 spiro atoms. The number of para-hydroxylation sites is 1. The van der Waals surface area contributed by atoms with Gasteiger partial charge in [0.2, 0.25) is 0 Å². The Morgan fingerprint density at radius 3 is 2.67 bits per heavy atom. The van der Waals surface area contributed by atoms with E-state index in [4.69, 9.17) is 10.5 Å². The Labute approximate surface area is 119 Å². The first-order chi connectivity index (χ1) is 8.54. The molecule has 1 aromatic carbocycles. The topological polar surface area (TPSA) is 35.2 Å². The summed E-state index contributed by atoms with van der Waals surface area (Å²) in [5, 5.41) is 0. The van der Waals surface area contributed by atoms with Crippen LogP contribution in [0.4, 0.5) is 0 Å². The standard InChI is InChI=1S/C15H24BrNO/c1-4-13(17)10-12-6-5-7-14(16)15(12)18-9-8-11(2)3/h5-7,11,13H,4,8-10,17H2,1-3H3. The van der Waals surface area contributed by atoms with Gasteiger partial charge < -0.3 is 10.5 Å². The van der Waals surface area contributed by atoms with Gasteiger partial charge in [0.25, 0.3) is 0 Å². The van der Waals surface area contributed by atoms with Crippen LogP contribution in [0.1, 0.15) is 39.2 Å². The van der Waals surface area contributed by atoms with Crippen LogP contribution in [0.3, 0.4) is 0 Å². The van der Waals surface area contributed by atoms with Crippen LogP contribution in [0.5, 0.6) is 5.75 Å². The maximum absolute atomic E-state index is 6.03. The summed E-state index contributed by atoms with van der Waals surface area (Å²) in [7, 11) is 0. The van der Waals surface area contributed by atoms with Gasteiger partial charge in [-0.05, 0) is 52.7 Å². The Hall–Kier alpha value is -0.540. The van der Waals surface area contributed by atoms with Crippen molar-refractivity contribution < 1.29 is 4.74 Å². The van der Waals surface area contributed by atoms with E-state index < -0.39 is 0 Å². The van der Waals surface area contributed by atoms with Crippen molar-refractivity contribution in [2.24, 2.45) is 11.7 Å². The second kappa shape index (κ2) is 7.80. The number of ether oxygens (including phenoxy) is 1. The molecule has 0 amide bonds. The highest BCUT2D eigenvalue weighted by molar-refractivity contribution is 9.10. The maximum atomic E-state index is 6.03. The minimum atomic E-state index is 0.201. The Morgan fingerprint density at radius 2 is 2.06 bits per heavy atom. The maximum Gasteiger partial charge on any atom is 0.136 e. The highest BCUT2D eigenvalue weighted by atomic mass is 79.9. The van der Waals surface area contributed by atoms with Gasteiger partial charge in [-0.2, -0.15) is 0 Å². The van der Waals surface area contributed by atoms with Crippen molar-refractivity contribution in [3.8, 4) is 5.75 Å². The van der Waals surface area contributed by atoms with E-state index in [0.29, 0.717) is 5.92 Å². The zero-order valence-corrected chi connectivity index (χ0v) is 13.2. The first-order valence-electron chi connectivity index (χ1n) is 6.70. The molecule has 1 aromatic rings. The van der Waals surface area contributed by atoms with Crippen LogP contribution in [0.25, 0.3) is 0 Å². The van der Waals surface area contributed by atoms with Gasteiger partial charge in [-0.1, -0.05) is 32.9 Å². The number of nitrogens with two attached hydrogens (primary N) is 1. The number of hydrogen-bond acceptors (Lipinski definition) is 2. The van der Waals surface area contributed by atoms with Gasteiger partial charge in [-0.3, -0.25) is 0 Å². The van der Waals surface area contributed by atoms with Crippen LogP contribution in [-0.4, -0.2) is 12.6 Å². The van der Waals surface area contributed by atoms with Gasteiger partial charge >= 0.3 is 0 Å². The van der Waals surface area contributed by atoms with Crippen molar-refractivity contribution >= 4 is 15.9 Å². The summed E-state index contributed by atoms with van der Waals surface area (Å²) in [5.41, 5.74) is 7.23. The molecule has 0 aromatic heterocycles. The molecule has 102 valence electrons. The molecule has 1 unspecified atom stereocenters. The molecular formula is C15H24BrNO. The molecule has 0 aliphatic rings. The van der Waals surface area contributed by atoms with Gasteiger partial charge in [0.1, 0.15) is 5.75 Å². The number of halogens is 1. The van der Waals surface area contributed by atoms with E-state index in [1.54, 1.807) is 0 Å². The molecule has 3 heteroatoms. The van der Waals surface area contributed by atoms with Crippen LogP contribution in [-0.2, 0) is 6.42 Å². The third-order valence-electron chi connectivity index (χ3n) is 3.00. The predicted molar refractivity (Wildman–Crippen MR) is 81.1 cm³/mol. The largest absolute Gasteiger partial charge is 0.492 e. The van der Waals surface area contributed by atoms with Crippen molar-refractivity contribution in [3.63, 3.8) is 0 Å². The molecule has 0 heterocycles. The quantitative estimate of drug-likeness (QED) is 0.820. The van der Waals surface area contributed by atoms with Crippen molar-refractivity contribution in [2.45, 2.75) is 46.1 Å². The van der Waals surface area contributed by atoms with Gasteiger partial charge in [-0.15, -0.1) is 0 Å². The van der Waals surface area contributed by atoms with Gasteiger partial charge in [0.15, 0.2) is 0 Å². The van der Waals surface area contributed by atoms with E-state index >= 15 is 0 Å². The smallest absolute Gasteiger partial charge is 0.136 e. The van der Waals surface area contributed by atoms with Gasteiger partial charge in [0, 0.05) is 6.04 Å². The zero-order valence-electron chi connectivity index (χ0n) is 11.6. The molecule has 0 aliphatic carbocycles. The molecule has 0 bridgehead atoms. The molecule has 0 aliphatic heterocycles. The van der Waals surface area contributed by atoms with Crippen LogP contribution in [0.15, 0.2) is 22.7 Å². The van der Waals surface area contributed by atoms with E-state index in [2.05, 4.69) is 42.8 Å². The summed E-state index contributed by atoms with van der Waals surface area (Å²) in [6.07, 6.45) is 2.92. The third-order valence-corrected chi connectivity index (χ3v) is 3.62. The fourth-order valence-electron chi connectivity index (χ4n) is 1.70. The average molecular weight is 314 g/mol. The lowest BCUT2D eigenvalue weighted by atomic mass is 10.0.